The fourth-order valence-corrected chi connectivity index (χ4v) is 3.39. The van der Waals surface area contributed by atoms with Crippen molar-refractivity contribution < 1.29 is 19.1 Å². The Morgan fingerprint density at radius 2 is 1.86 bits per heavy atom. The van der Waals surface area contributed by atoms with Crippen molar-refractivity contribution in [2.24, 2.45) is 5.92 Å². The molecule has 2 amide bonds. The maximum atomic E-state index is 12.5. The zero-order valence-electron chi connectivity index (χ0n) is 15.9. The number of benzene rings is 2. The Morgan fingerprint density at radius 3 is 2.54 bits per heavy atom. The largest absolute Gasteiger partial charge is 0.493 e. The first kappa shape index (κ1) is 20.0. The highest BCUT2D eigenvalue weighted by Crippen LogP contribution is 2.28. The van der Waals surface area contributed by atoms with Crippen LogP contribution in [-0.2, 0) is 16.0 Å². The first-order chi connectivity index (χ1) is 13.5. The summed E-state index contributed by atoms with van der Waals surface area (Å²) in [6.45, 7) is 0.864. The zero-order chi connectivity index (χ0) is 20.1. The quantitative estimate of drug-likeness (QED) is 0.772. The van der Waals surface area contributed by atoms with Gasteiger partial charge in [0, 0.05) is 30.2 Å². The van der Waals surface area contributed by atoms with Gasteiger partial charge in [0.15, 0.2) is 11.5 Å². The summed E-state index contributed by atoms with van der Waals surface area (Å²) in [5.41, 5.74) is 1.79. The van der Waals surface area contributed by atoms with Crippen molar-refractivity contribution in [3.8, 4) is 11.5 Å². The molecule has 3 rings (SSSR count). The zero-order valence-corrected chi connectivity index (χ0v) is 16.7. The molecular weight excluding hydrogens is 380 g/mol. The molecule has 2 aromatic carbocycles. The van der Waals surface area contributed by atoms with E-state index >= 15 is 0 Å². The summed E-state index contributed by atoms with van der Waals surface area (Å²) in [6.07, 6.45) is 0.873. The third kappa shape index (κ3) is 4.57. The lowest BCUT2D eigenvalue weighted by molar-refractivity contribution is -0.126. The molecule has 1 aliphatic rings. The summed E-state index contributed by atoms with van der Waals surface area (Å²) in [5, 5.41) is 3.54. The van der Waals surface area contributed by atoms with Crippen molar-refractivity contribution in [2.75, 3.05) is 32.2 Å². The second kappa shape index (κ2) is 8.97. The summed E-state index contributed by atoms with van der Waals surface area (Å²) < 4.78 is 10.5. The van der Waals surface area contributed by atoms with Crippen molar-refractivity contribution in [1.82, 2.24) is 5.32 Å². The Hall–Kier alpha value is -2.73. The number of methoxy groups -OCH3 is 2. The van der Waals surface area contributed by atoms with E-state index < -0.39 is 0 Å². The van der Waals surface area contributed by atoms with Crippen molar-refractivity contribution in [1.29, 1.82) is 0 Å². The van der Waals surface area contributed by atoms with E-state index in [1.54, 1.807) is 43.4 Å². The average Bonchev–Trinajstić information content (AvgIpc) is 3.10. The van der Waals surface area contributed by atoms with E-state index in [-0.39, 0.29) is 24.2 Å². The second-order valence-electron chi connectivity index (χ2n) is 6.61. The smallest absolute Gasteiger partial charge is 0.227 e. The van der Waals surface area contributed by atoms with Crippen LogP contribution in [0.15, 0.2) is 42.5 Å². The predicted octanol–water partition coefficient (Wildman–Crippen LogP) is 3.07. The SMILES string of the molecule is COc1ccc(CCNC(=O)[C@@H]2CC(=O)N(c3ccc(Cl)cc3)C2)cc1OC. The molecule has 2 aromatic rings. The number of halogens is 1. The van der Waals surface area contributed by atoms with Gasteiger partial charge in [-0.2, -0.15) is 0 Å². The fraction of sp³-hybridized carbons (Fsp3) is 0.333. The van der Waals surface area contributed by atoms with E-state index in [1.165, 1.54) is 0 Å². The topological polar surface area (TPSA) is 67.9 Å². The van der Waals surface area contributed by atoms with Gasteiger partial charge >= 0.3 is 0 Å². The number of nitrogens with one attached hydrogen (secondary N) is 1. The minimum atomic E-state index is -0.353. The minimum absolute atomic E-state index is 0.0534. The maximum Gasteiger partial charge on any atom is 0.227 e. The van der Waals surface area contributed by atoms with E-state index in [2.05, 4.69) is 5.32 Å². The number of hydrogen-bond acceptors (Lipinski definition) is 4. The number of hydrogen-bond donors (Lipinski definition) is 1. The number of carbonyl (C=O) groups is 2. The first-order valence-electron chi connectivity index (χ1n) is 9.06. The third-order valence-corrected chi connectivity index (χ3v) is 5.05. The molecule has 0 spiro atoms. The molecule has 1 saturated heterocycles. The van der Waals surface area contributed by atoms with E-state index in [9.17, 15) is 9.59 Å². The van der Waals surface area contributed by atoms with Crippen LogP contribution in [0, 0.1) is 5.92 Å². The predicted molar refractivity (Wildman–Crippen MR) is 108 cm³/mol. The highest BCUT2D eigenvalue weighted by Gasteiger charge is 2.34. The van der Waals surface area contributed by atoms with Crippen molar-refractivity contribution >= 4 is 29.1 Å². The van der Waals surface area contributed by atoms with E-state index in [0.717, 1.165) is 11.3 Å². The molecule has 7 heteroatoms. The molecule has 0 radical (unpaired) electrons. The Bertz CT molecular complexity index is 854. The molecule has 1 aliphatic heterocycles. The number of anilines is 1. The number of ether oxygens (including phenoxy) is 2. The van der Waals surface area contributed by atoms with E-state index in [4.69, 9.17) is 21.1 Å². The summed E-state index contributed by atoms with van der Waals surface area (Å²) in [5.74, 6) is 0.814. The molecule has 0 aliphatic carbocycles. The molecule has 0 unspecified atom stereocenters. The first-order valence-corrected chi connectivity index (χ1v) is 9.44. The molecule has 0 aromatic heterocycles. The van der Waals surface area contributed by atoms with Crippen LogP contribution in [0.4, 0.5) is 5.69 Å². The van der Waals surface area contributed by atoms with Gasteiger partial charge in [-0.15, -0.1) is 0 Å². The minimum Gasteiger partial charge on any atom is -0.493 e. The van der Waals surface area contributed by atoms with Gasteiger partial charge in [-0.25, -0.2) is 0 Å². The highest BCUT2D eigenvalue weighted by atomic mass is 35.5. The van der Waals surface area contributed by atoms with Crippen LogP contribution in [0.1, 0.15) is 12.0 Å². The lowest BCUT2D eigenvalue weighted by atomic mass is 10.1. The van der Waals surface area contributed by atoms with Crippen molar-refractivity contribution in [3.05, 3.63) is 53.1 Å². The van der Waals surface area contributed by atoms with E-state index in [1.807, 2.05) is 18.2 Å². The molecule has 0 saturated carbocycles. The standard InChI is InChI=1S/C21H23ClN2O4/c1-27-18-8-3-14(11-19(18)28-2)9-10-23-21(26)15-12-20(25)24(13-15)17-6-4-16(22)5-7-17/h3-8,11,15H,9-10,12-13H2,1-2H3,(H,23,26)/t15-/m1/s1. The maximum absolute atomic E-state index is 12.5. The van der Waals surface area contributed by atoms with Gasteiger partial charge in [-0.1, -0.05) is 17.7 Å². The number of nitrogens with zero attached hydrogens (tertiary/aromatic N) is 1. The lowest BCUT2D eigenvalue weighted by Crippen LogP contribution is -2.34. The Morgan fingerprint density at radius 1 is 1.14 bits per heavy atom. The van der Waals surface area contributed by atoms with Gasteiger partial charge in [-0.05, 0) is 48.4 Å². The van der Waals surface area contributed by atoms with Crippen molar-refractivity contribution in [2.45, 2.75) is 12.8 Å². The van der Waals surface area contributed by atoms with E-state index in [0.29, 0.717) is 36.0 Å². The summed E-state index contributed by atoms with van der Waals surface area (Å²) in [7, 11) is 3.18. The van der Waals surface area contributed by atoms with Crippen LogP contribution >= 0.6 is 11.6 Å². The number of carbonyl (C=O) groups excluding carboxylic acids is 2. The third-order valence-electron chi connectivity index (χ3n) is 4.79. The highest BCUT2D eigenvalue weighted by molar-refractivity contribution is 6.30. The summed E-state index contributed by atoms with van der Waals surface area (Å²) in [4.78, 5) is 26.4. The van der Waals surface area contributed by atoms with Crippen LogP contribution in [0.5, 0.6) is 11.5 Å². The van der Waals surface area contributed by atoms with Gasteiger partial charge in [0.05, 0.1) is 20.1 Å². The van der Waals surface area contributed by atoms with Crippen LogP contribution in [0.3, 0.4) is 0 Å². The number of rotatable bonds is 7. The Balaban J connectivity index is 1.53. The molecule has 1 heterocycles. The van der Waals surface area contributed by atoms with Crippen LogP contribution < -0.4 is 19.7 Å². The van der Waals surface area contributed by atoms with Gasteiger partial charge < -0.3 is 19.7 Å². The monoisotopic (exact) mass is 402 g/mol. The van der Waals surface area contributed by atoms with Gasteiger partial charge in [0.1, 0.15) is 0 Å². The van der Waals surface area contributed by atoms with Crippen LogP contribution in [0.25, 0.3) is 0 Å². The van der Waals surface area contributed by atoms with Gasteiger partial charge in [0.25, 0.3) is 0 Å². The molecule has 0 bridgehead atoms. The van der Waals surface area contributed by atoms with Crippen LogP contribution in [-0.4, -0.2) is 39.1 Å². The molecular formula is C21H23ClN2O4. The van der Waals surface area contributed by atoms with Gasteiger partial charge in [0.2, 0.25) is 11.8 Å². The second-order valence-corrected chi connectivity index (χ2v) is 7.05. The molecule has 6 nitrogen and oxygen atoms in total. The van der Waals surface area contributed by atoms with Crippen LogP contribution in [0.2, 0.25) is 5.02 Å². The lowest BCUT2D eigenvalue weighted by Gasteiger charge is -2.17. The molecule has 148 valence electrons. The molecule has 1 N–H and O–H groups in total. The average molecular weight is 403 g/mol. The molecule has 28 heavy (non-hydrogen) atoms. The summed E-state index contributed by atoms with van der Waals surface area (Å²) in [6, 6.07) is 12.7. The molecule has 1 fully saturated rings. The Labute approximate surface area is 169 Å². The Kier molecular flexibility index (Phi) is 6.41. The fourth-order valence-electron chi connectivity index (χ4n) is 3.26. The van der Waals surface area contributed by atoms with Crippen molar-refractivity contribution in [3.63, 3.8) is 0 Å². The normalized spacial score (nSPS) is 16.2. The van der Waals surface area contributed by atoms with Gasteiger partial charge in [-0.3, -0.25) is 9.59 Å². The summed E-state index contributed by atoms with van der Waals surface area (Å²) >= 11 is 5.90. The molecule has 1 atom stereocenters. The number of amides is 2.